The molecule has 2 rings (SSSR count). The van der Waals surface area contributed by atoms with E-state index in [0.29, 0.717) is 5.82 Å². The maximum absolute atomic E-state index is 13.7. The number of hydrogen-bond acceptors (Lipinski definition) is 2. The summed E-state index contributed by atoms with van der Waals surface area (Å²) in [4.78, 5) is 12.0. The first-order chi connectivity index (χ1) is 9.40. The van der Waals surface area contributed by atoms with Crippen molar-refractivity contribution in [2.45, 2.75) is 19.9 Å². The molecule has 1 aromatic carbocycles. The Balaban J connectivity index is 2.31. The van der Waals surface area contributed by atoms with Gasteiger partial charge in [-0.3, -0.25) is 4.79 Å². The minimum absolute atomic E-state index is 0.0138. The zero-order valence-electron chi connectivity index (χ0n) is 10.8. The van der Waals surface area contributed by atoms with E-state index in [1.165, 1.54) is 6.20 Å². The van der Waals surface area contributed by atoms with Crippen molar-refractivity contribution >= 4 is 27.7 Å². The molecule has 0 fully saturated rings. The largest absolute Gasteiger partial charge is 0.307 e. The van der Waals surface area contributed by atoms with Crippen LogP contribution in [0.25, 0.3) is 0 Å². The Kier molecular flexibility index (Phi) is 4.17. The van der Waals surface area contributed by atoms with E-state index >= 15 is 0 Å². The second-order valence-electron chi connectivity index (χ2n) is 4.45. The molecule has 20 heavy (non-hydrogen) atoms. The molecule has 0 atom stereocenters. The quantitative estimate of drug-likeness (QED) is 0.922. The molecule has 4 nitrogen and oxygen atoms in total. The normalized spacial score (nSPS) is 10.9. The molecule has 0 aliphatic rings. The molecule has 2 aromatic rings. The van der Waals surface area contributed by atoms with Gasteiger partial charge in [-0.2, -0.15) is 5.10 Å². The number of benzene rings is 1. The van der Waals surface area contributed by atoms with Crippen LogP contribution < -0.4 is 5.32 Å². The van der Waals surface area contributed by atoms with Crippen LogP contribution in [0.4, 0.5) is 14.6 Å². The molecular weight excluding hydrogens is 332 g/mol. The van der Waals surface area contributed by atoms with Gasteiger partial charge in [0.25, 0.3) is 5.91 Å². The Bertz CT molecular complexity index is 632. The summed E-state index contributed by atoms with van der Waals surface area (Å²) in [6.45, 7) is 3.76. The highest BCUT2D eigenvalue weighted by Gasteiger charge is 2.20. The number of nitrogens with zero attached hydrogens (tertiary/aromatic N) is 2. The van der Waals surface area contributed by atoms with Crippen LogP contribution in [0.5, 0.6) is 0 Å². The van der Waals surface area contributed by atoms with Gasteiger partial charge in [-0.15, -0.1) is 0 Å². The Morgan fingerprint density at radius 3 is 2.50 bits per heavy atom. The minimum atomic E-state index is -0.926. The maximum atomic E-state index is 13.7. The molecule has 106 valence electrons. The Labute approximate surface area is 122 Å². The average molecular weight is 344 g/mol. The zero-order valence-corrected chi connectivity index (χ0v) is 12.4. The fourth-order valence-corrected chi connectivity index (χ4v) is 2.16. The summed E-state index contributed by atoms with van der Waals surface area (Å²) in [7, 11) is 0. The highest BCUT2D eigenvalue weighted by molar-refractivity contribution is 9.10. The van der Waals surface area contributed by atoms with Crippen LogP contribution in [0.3, 0.4) is 0 Å². The van der Waals surface area contributed by atoms with Crippen molar-refractivity contribution in [3.05, 3.63) is 46.1 Å². The van der Waals surface area contributed by atoms with E-state index in [9.17, 15) is 13.6 Å². The summed E-state index contributed by atoms with van der Waals surface area (Å²) in [6, 6.07) is 3.65. The highest BCUT2D eigenvalue weighted by Crippen LogP contribution is 2.21. The number of carbonyl (C=O) groups excluding carboxylic acids is 1. The first-order valence-electron chi connectivity index (χ1n) is 5.89. The predicted octanol–water partition coefficient (Wildman–Crippen LogP) is 3.76. The van der Waals surface area contributed by atoms with Crippen LogP contribution in [0, 0.1) is 11.6 Å². The van der Waals surface area contributed by atoms with Crippen LogP contribution in [0.2, 0.25) is 0 Å². The number of hydrogen-bond donors (Lipinski definition) is 1. The fraction of sp³-hybridized carbons (Fsp3) is 0.231. The van der Waals surface area contributed by atoms with E-state index in [1.807, 2.05) is 13.8 Å². The Hall–Kier alpha value is -1.76. The van der Waals surface area contributed by atoms with E-state index in [1.54, 1.807) is 10.7 Å². The second kappa shape index (κ2) is 5.70. The molecule has 0 saturated carbocycles. The molecule has 1 amide bonds. The number of amides is 1. The average Bonchev–Trinajstić information content (AvgIpc) is 2.75. The van der Waals surface area contributed by atoms with Gasteiger partial charge >= 0.3 is 0 Å². The van der Waals surface area contributed by atoms with Crippen LogP contribution >= 0.6 is 15.9 Å². The minimum Gasteiger partial charge on any atom is -0.307 e. The molecular formula is C13H12BrF2N3O. The summed E-state index contributed by atoms with van der Waals surface area (Å²) < 4.78 is 29.2. The topological polar surface area (TPSA) is 46.9 Å². The molecule has 0 saturated heterocycles. The molecule has 1 N–H and O–H groups in total. The van der Waals surface area contributed by atoms with Gasteiger partial charge in [0.2, 0.25) is 0 Å². The predicted molar refractivity (Wildman–Crippen MR) is 74.6 cm³/mol. The van der Waals surface area contributed by atoms with E-state index in [-0.39, 0.29) is 10.5 Å². The summed E-state index contributed by atoms with van der Waals surface area (Å²) in [6.07, 6.45) is 1.50. The number of anilines is 1. The Morgan fingerprint density at radius 2 is 1.95 bits per heavy atom. The zero-order chi connectivity index (χ0) is 14.9. The second-order valence-corrected chi connectivity index (χ2v) is 5.37. The van der Waals surface area contributed by atoms with Crippen molar-refractivity contribution in [2.75, 3.05) is 5.32 Å². The number of nitrogens with one attached hydrogen (secondary N) is 1. The molecule has 0 spiro atoms. The lowest BCUT2D eigenvalue weighted by Gasteiger charge is -2.12. The van der Waals surface area contributed by atoms with Crippen LogP contribution in [0.1, 0.15) is 30.2 Å². The summed E-state index contributed by atoms with van der Waals surface area (Å²) in [5, 5.41) is 6.48. The number of aromatic nitrogens is 2. The van der Waals surface area contributed by atoms with Crippen molar-refractivity contribution in [1.29, 1.82) is 0 Å². The van der Waals surface area contributed by atoms with Crippen LogP contribution in [0.15, 0.2) is 28.9 Å². The third-order valence-corrected chi connectivity index (χ3v) is 3.09. The molecule has 0 bridgehead atoms. The van der Waals surface area contributed by atoms with Gasteiger partial charge < -0.3 is 5.32 Å². The molecule has 0 aliphatic carbocycles. The molecule has 0 unspecified atom stereocenters. The van der Waals surface area contributed by atoms with Gasteiger partial charge in [-0.25, -0.2) is 13.5 Å². The fourth-order valence-electron chi connectivity index (χ4n) is 1.76. The van der Waals surface area contributed by atoms with Crippen molar-refractivity contribution < 1.29 is 13.6 Å². The molecule has 0 aliphatic heterocycles. The third kappa shape index (κ3) is 2.87. The van der Waals surface area contributed by atoms with E-state index < -0.39 is 23.1 Å². The Morgan fingerprint density at radius 1 is 1.35 bits per heavy atom. The van der Waals surface area contributed by atoms with Gasteiger partial charge in [0, 0.05) is 16.6 Å². The highest BCUT2D eigenvalue weighted by atomic mass is 79.9. The van der Waals surface area contributed by atoms with Gasteiger partial charge in [-0.05, 0) is 26.0 Å². The van der Waals surface area contributed by atoms with Gasteiger partial charge in [0.15, 0.2) is 0 Å². The molecule has 1 heterocycles. The molecule has 0 radical (unpaired) electrons. The van der Waals surface area contributed by atoms with Gasteiger partial charge in [0.05, 0.1) is 6.20 Å². The van der Waals surface area contributed by atoms with Crippen LogP contribution in [-0.2, 0) is 0 Å². The van der Waals surface area contributed by atoms with E-state index in [4.69, 9.17) is 0 Å². The van der Waals surface area contributed by atoms with Gasteiger partial charge in [0.1, 0.15) is 23.0 Å². The summed E-state index contributed by atoms with van der Waals surface area (Å²) >= 11 is 2.96. The first-order valence-corrected chi connectivity index (χ1v) is 6.69. The van der Waals surface area contributed by atoms with Crippen molar-refractivity contribution in [3.8, 4) is 0 Å². The monoisotopic (exact) mass is 343 g/mol. The number of rotatable bonds is 3. The number of halogens is 3. The SMILES string of the molecule is CC(C)n1nccc1NC(=O)c1c(F)cc(Br)cc1F. The van der Waals surface area contributed by atoms with E-state index in [2.05, 4.69) is 26.3 Å². The van der Waals surface area contributed by atoms with Crippen molar-refractivity contribution in [3.63, 3.8) is 0 Å². The summed E-state index contributed by atoms with van der Waals surface area (Å²) in [5.41, 5.74) is -0.621. The third-order valence-electron chi connectivity index (χ3n) is 2.63. The number of carbonyl (C=O) groups is 1. The summed E-state index contributed by atoms with van der Waals surface area (Å²) in [5.74, 6) is -2.32. The maximum Gasteiger partial charge on any atom is 0.262 e. The van der Waals surface area contributed by atoms with Crippen LogP contribution in [-0.4, -0.2) is 15.7 Å². The smallest absolute Gasteiger partial charge is 0.262 e. The van der Waals surface area contributed by atoms with Gasteiger partial charge in [-0.1, -0.05) is 15.9 Å². The van der Waals surface area contributed by atoms with Crippen molar-refractivity contribution in [2.24, 2.45) is 0 Å². The standard InChI is InChI=1S/C13H12BrF2N3O/c1-7(2)19-11(3-4-17-19)18-13(20)12-9(15)5-8(14)6-10(12)16/h3-7H,1-2H3,(H,18,20). The van der Waals surface area contributed by atoms with Crippen molar-refractivity contribution in [1.82, 2.24) is 9.78 Å². The molecule has 1 aromatic heterocycles. The van der Waals surface area contributed by atoms with E-state index in [0.717, 1.165) is 12.1 Å². The lowest BCUT2D eigenvalue weighted by Crippen LogP contribution is -2.19. The first kappa shape index (κ1) is 14.6. The lowest BCUT2D eigenvalue weighted by atomic mass is 10.2. The lowest BCUT2D eigenvalue weighted by molar-refractivity contribution is 0.101. The molecule has 7 heteroatoms.